The maximum Gasteiger partial charge on any atom is 0.330 e. The first kappa shape index (κ1) is 27.4. The van der Waals surface area contributed by atoms with Crippen LogP contribution in [-0.2, 0) is 9.53 Å². The summed E-state index contributed by atoms with van der Waals surface area (Å²) in [5, 5.41) is 7.00. The number of carbonyl (C=O) groups is 1. The highest BCUT2D eigenvalue weighted by Gasteiger charge is 2.20. The van der Waals surface area contributed by atoms with Crippen LogP contribution in [0.5, 0.6) is 0 Å². The SMILES string of the molecule is C=CC(=O)OC(C)(C)CCCCCCCCCCCCCCCC.CO. The van der Waals surface area contributed by atoms with Gasteiger partial charge in [0.2, 0.25) is 0 Å². The van der Waals surface area contributed by atoms with Crippen molar-refractivity contribution in [2.75, 3.05) is 7.11 Å². The summed E-state index contributed by atoms with van der Waals surface area (Å²) >= 11 is 0. The van der Waals surface area contributed by atoms with Crippen LogP contribution in [0.2, 0.25) is 0 Å². The first-order valence-corrected chi connectivity index (χ1v) is 10.8. The van der Waals surface area contributed by atoms with Crippen LogP contribution in [-0.4, -0.2) is 23.8 Å². The van der Waals surface area contributed by atoms with Crippen molar-refractivity contribution in [2.45, 2.75) is 123 Å². The normalized spacial score (nSPS) is 10.8. The van der Waals surface area contributed by atoms with Gasteiger partial charge in [-0.1, -0.05) is 97.0 Å². The average Bonchev–Trinajstić information content (AvgIpc) is 2.63. The molecule has 0 aromatic carbocycles. The third kappa shape index (κ3) is 21.2. The largest absolute Gasteiger partial charge is 0.457 e. The zero-order valence-corrected chi connectivity index (χ0v) is 18.2. The van der Waals surface area contributed by atoms with Gasteiger partial charge in [-0.15, -0.1) is 0 Å². The van der Waals surface area contributed by atoms with Gasteiger partial charge in [0, 0.05) is 13.2 Å². The molecular formula is C23H46O3. The summed E-state index contributed by atoms with van der Waals surface area (Å²) in [6.45, 7) is 9.69. The summed E-state index contributed by atoms with van der Waals surface area (Å²) in [4.78, 5) is 11.2. The number of hydrogen-bond acceptors (Lipinski definition) is 3. The molecule has 0 saturated carbocycles. The van der Waals surface area contributed by atoms with Crippen LogP contribution in [0.15, 0.2) is 12.7 Å². The Kier molecular flexibility index (Phi) is 21.6. The Morgan fingerprint density at radius 3 is 1.50 bits per heavy atom. The fourth-order valence-electron chi connectivity index (χ4n) is 3.11. The van der Waals surface area contributed by atoms with Crippen molar-refractivity contribution in [3.63, 3.8) is 0 Å². The number of unbranched alkanes of at least 4 members (excludes halogenated alkanes) is 13. The van der Waals surface area contributed by atoms with Crippen LogP contribution in [0.1, 0.15) is 117 Å². The minimum atomic E-state index is -0.359. The van der Waals surface area contributed by atoms with E-state index in [-0.39, 0.29) is 11.6 Å². The zero-order chi connectivity index (χ0) is 20.1. The summed E-state index contributed by atoms with van der Waals surface area (Å²) in [5.41, 5.74) is -0.359. The molecule has 0 spiro atoms. The zero-order valence-electron chi connectivity index (χ0n) is 18.2. The van der Waals surface area contributed by atoms with E-state index in [1.807, 2.05) is 13.8 Å². The van der Waals surface area contributed by atoms with E-state index in [0.717, 1.165) is 20.0 Å². The number of ether oxygens (including phenoxy) is 1. The predicted molar refractivity (Wildman–Crippen MR) is 113 cm³/mol. The predicted octanol–water partition coefficient (Wildman–Crippen LogP) is 6.97. The monoisotopic (exact) mass is 370 g/mol. The molecule has 1 N–H and O–H groups in total. The van der Waals surface area contributed by atoms with Crippen molar-refractivity contribution in [3.8, 4) is 0 Å². The molecule has 0 atom stereocenters. The molecule has 3 heteroatoms. The maximum absolute atomic E-state index is 11.2. The Morgan fingerprint density at radius 1 is 0.808 bits per heavy atom. The minimum absolute atomic E-state index is 0.314. The summed E-state index contributed by atoms with van der Waals surface area (Å²) in [7, 11) is 1.00. The van der Waals surface area contributed by atoms with Crippen molar-refractivity contribution in [3.05, 3.63) is 12.7 Å². The van der Waals surface area contributed by atoms with Crippen LogP contribution in [0, 0.1) is 0 Å². The molecule has 156 valence electrons. The van der Waals surface area contributed by atoms with Gasteiger partial charge in [-0.05, 0) is 26.7 Å². The number of rotatable bonds is 17. The lowest BCUT2D eigenvalue weighted by molar-refractivity contribution is -0.150. The van der Waals surface area contributed by atoms with Gasteiger partial charge in [0.15, 0.2) is 0 Å². The van der Waals surface area contributed by atoms with Gasteiger partial charge >= 0.3 is 5.97 Å². The highest BCUT2D eigenvalue weighted by molar-refractivity contribution is 5.81. The number of hydrogen-bond donors (Lipinski definition) is 1. The van der Waals surface area contributed by atoms with Gasteiger partial charge in [-0.2, -0.15) is 0 Å². The molecule has 0 saturated heterocycles. The molecule has 0 heterocycles. The Morgan fingerprint density at radius 2 is 1.15 bits per heavy atom. The van der Waals surface area contributed by atoms with Crippen molar-refractivity contribution in [1.29, 1.82) is 0 Å². The lowest BCUT2D eigenvalue weighted by Gasteiger charge is -2.24. The van der Waals surface area contributed by atoms with Crippen molar-refractivity contribution >= 4 is 5.97 Å². The molecule has 0 rings (SSSR count). The van der Waals surface area contributed by atoms with Gasteiger partial charge in [-0.25, -0.2) is 4.79 Å². The molecule has 26 heavy (non-hydrogen) atoms. The van der Waals surface area contributed by atoms with E-state index in [0.29, 0.717) is 0 Å². The molecule has 0 unspecified atom stereocenters. The van der Waals surface area contributed by atoms with Crippen LogP contribution < -0.4 is 0 Å². The molecule has 0 fully saturated rings. The molecule has 0 aromatic heterocycles. The smallest absolute Gasteiger partial charge is 0.330 e. The topological polar surface area (TPSA) is 46.5 Å². The van der Waals surface area contributed by atoms with Crippen LogP contribution in [0.25, 0.3) is 0 Å². The molecule has 0 radical (unpaired) electrons. The standard InChI is InChI=1S/C22H42O2.CH4O/c1-5-7-8-9-10-11-12-13-14-15-16-17-18-19-20-22(3,4)24-21(23)6-2;1-2/h6H,2,5,7-20H2,1,3-4H3;2H,1H3. The molecule has 0 aromatic rings. The van der Waals surface area contributed by atoms with E-state index in [1.54, 1.807) is 0 Å². The van der Waals surface area contributed by atoms with Gasteiger partial charge in [0.25, 0.3) is 0 Å². The molecule has 0 aliphatic carbocycles. The summed E-state index contributed by atoms with van der Waals surface area (Å²) in [6, 6.07) is 0. The first-order chi connectivity index (χ1) is 12.5. The Labute approximate surface area is 163 Å². The maximum atomic E-state index is 11.2. The number of carbonyl (C=O) groups excluding carboxylic acids is 1. The van der Waals surface area contributed by atoms with Crippen molar-refractivity contribution < 1.29 is 14.6 Å². The van der Waals surface area contributed by atoms with Crippen molar-refractivity contribution in [2.24, 2.45) is 0 Å². The highest BCUT2D eigenvalue weighted by atomic mass is 16.6. The third-order valence-electron chi connectivity index (χ3n) is 4.68. The van der Waals surface area contributed by atoms with Crippen LogP contribution in [0.4, 0.5) is 0 Å². The highest BCUT2D eigenvalue weighted by Crippen LogP contribution is 2.20. The van der Waals surface area contributed by atoms with E-state index in [1.165, 1.54) is 89.5 Å². The van der Waals surface area contributed by atoms with E-state index in [2.05, 4.69) is 13.5 Å². The lowest BCUT2D eigenvalue weighted by Crippen LogP contribution is -2.27. The van der Waals surface area contributed by atoms with Gasteiger partial charge in [-0.3, -0.25) is 0 Å². The van der Waals surface area contributed by atoms with Gasteiger partial charge in [0.05, 0.1) is 0 Å². The van der Waals surface area contributed by atoms with E-state index in [4.69, 9.17) is 9.84 Å². The van der Waals surface area contributed by atoms with Crippen molar-refractivity contribution in [1.82, 2.24) is 0 Å². The molecule has 0 bridgehead atoms. The molecular weight excluding hydrogens is 324 g/mol. The Balaban J connectivity index is 0. The third-order valence-corrected chi connectivity index (χ3v) is 4.68. The number of aliphatic hydroxyl groups is 1. The summed E-state index contributed by atoms with van der Waals surface area (Å²) < 4.78 is 5.34. The molecule has 3 nitrogen and oxygen atoms in total. The lowest BCUT2D eigenvalue weighted by atomic mass is 9.99. The summed E-state index contributed by atoms with van der Waals surface area (Å²) in [6.07, 6.45) is 21.3. The average molecular weight is 371 g/mol. The fourth-order valence-corrected chi connectivity index (χ4v) is 3.11. The fraction of sp³-hybridized carbons (Fsp3) is 0.870. The Hall–Kier alpha value is -0.830. The summed E-state index contributed by atoms with van der Waals surface area (Å²) in [5.74, 6) is -0.314. The van der Waals surface area contributed by atoms with E-state index < -0.39 is 0 Å². The molecule has 0 aliphatic heterocycles. The van der Waals surface area contributed by atoms with Gasteiger partial charge < -0.3 is 9.84 Å². The van der Waals surface area contributed by atoms with Gasteiger partial charge in [0.1, 0.15) is 5.60 Å². The first-order valence-electron chi connectivity index (χ1n) is 10.8. The second-order valence-electron chi connectivity index (χ2n) is 7.73. The minimum Gasteiger partial charge on any atom is -0.457 e. The van der Waals surface area contributed by atoms with Crippen LogP contribution >= 0.6 is 0 Å². The second kappa shape index (κ2) is 20.5. The van der Waals surface area contributed by atoms with E-state index >= 15 is 0 Å². The van der Waals surface area contributed by atoms with Crippen LogP contribution in [0.3, 0.4) is 0 Å². The van der Waals surface area contributed by atoms with E-state index in [9.17, 15) is 4.79 Å². The molecule has 0 amide bonds. The quantitative estimate of drug-likeness (QED) is 0.171. The Bertz CT molecular complexity index is 311. The number of aliphatic hydroxyl groups excluding tert-OH is 1. The second-order valence-corrected chi connectivity index (χ2v) is 7.73. The number of esters is 1. The molecule has 0 aliphatic rings.